The molecule has 1 atom stereocenters. The fourth-order valence-electron chi connectivity index (χ4n) is 1.52. The number of carbonyl (C=O) groups is 1. The van der Waals surface area contributed by atoms with Crippen LogP contribution in [0.4, 0.5) is 0 Å². The van der Waals surface area contributed by atoms with Crippen molar-refractivity contribution >= 4 is 17.7 Å². The third kappa shape index (κ3) is 3.52. The zero-order chi connectivity index (χ0) is 13.7. The molecule has 2 rings (SSSR count). The number of hydrogen-bond acceptors (Lipinski definition) is 5. The smallest absolute Gasteiger partial charge is 0.251 e. The molecule has 0 fully saturated rings. The van der Waals surface area contributed by atoms with Crippen molar-refractivity contribution < 1.29 is 4.79 Å². The average Bonchev–Trinajstić information content (AvgIpc) is 2.47. The van der Waals surface area contributed by atoms with E-state index in [1.807, 2.05) is 37.3 Å². The first-order chi connectivity index (χ1) is 9.20. The highest BCUT2D eigenvalue weighted by atomic mass is 32.2. The monoisotopic (exact) mass is 274 g/mol. The Balaban J connectivity index is 2.24. The lowest BCUT2D eigenvalue weighted by atomic mass is 10.1. The van der Waals surface area contributed by atoms with Crippen LogP contribution in [-0.4, -0.2) is 15.9 Å². The second kappa shape index (κ2) is 6.31. The first-order valence-electron chi connectivity index (χ1n) is 5.71. The zero-order valence-corrected chi connectivity index (χ0v) is 11.2. The molecule has 0 radical (unpaired) electrons. The maximum Gasteiger partial charge on any atom is 0.251 e. The second-order valence-electron chi connectivity index (χ2n) is 3.96. The van der Waals surface area contributed by atoms with Crippen LogP contribution in [0.3, 0.4) is 0 Å². The predicted molar refractivity (Wildman–Crippen MR) is 74.1 cm³/mol. The quantitative estimate of drug-likeness (QED) is 0.291. The summed E-state index contributed by atoms with van der Waals surface area (Å²) in [7, 11) is 0. The molecule has 1 amide bonds. The van der Waals surface area contributed by atoms with Crippen LogP contribution in [0, 0.1) is 6.92 Å². The molecule has 98 valence electrons. The standard InChI is InChI=1S/C13H14N4OS/c1-9-7-15-13(16-8-9)19-11(12(18)17-14)10-5-3-2-4-6-10/h2-8,11H,14H2,1H3,(H,17,18). The molecular formula is C13H14N4OS. The van der Waals surface area contributed by atoms with Gasteiger partial charge in [0.2, 0.25) is 0 Å². The Morgan fingerprint density at radius 2 is 1.89 bits per heavy atom. The summed E-state index contributed by atoms with van der Waals surface area (Å²) in [6.45, 7) is 1.91. The Hall–Kier alpha value is -1.92. The molecule has 1 unspecified atom stereocenters. The molecule has 0 saturated carbocycles. The summed E-state index contributed by atoms with van der Waals surface area (Å²) in [5.74, 6) is 4.96. The van der Waals surface area contributed by atoms with Crippen LogP contribution in [0.25, 0.3) is 0 Å². The van der Waals surface area contributed by atoms with E-state index in [0.29, 0.717) is 5.16 Å². The van der Waals surface area contributed by atoms with Gasteiger partial charge in [-0.25, -0.2) is 15.8 Å². The Kier molecular flexibility index (Phi) is 4.48. The SMILES string of the molecule is Cc1cnc(SC(C(=O)NN)c2ccccc2)nc1. The van der Waals surface area contributed by atoms with E-state index in [-0.39, 0.29) is 5.91 Å². The summed E-state index contributed by atoms with van der Waals surface area (Å²) in [5, 5.41) is 0.0805. The van der Waals surface area contributed by atoms with Gasteiger partial charge in [-0.2, -0.15) is 0 Å². The van der Waals surface area contributed by atoms with Crippen LogP contribution in [0.1, 0.15) is 16.4 Å². The van der Waals surface area contributed by atoms with Gasteiger partial charge in [0.1, 0.15) is 5.25 Å². The molecule has 0 aliphatic carbocycles. The fourth-order valence-corrected chi connectivity index (χ4v) is 2.43. The van der Waals surface area contributed by atoms with Gasteiger partial charge in [-0.05, 0) is 18.1 Å². The molecule has 1 aromatic heterocycles. The van der Waals surface area contributed by atoms with Crippen LogP contribution in [0.15, 0.2) is 47.9 Å². The van der Waals surface area contributed by atoms with Crippen molar-refractivity contribution in [2.45, 2.75) is 17.3 Å². The number of nitrogens with two attached hydrogens (primary N) is 1. The highest BCUT2D eigenvalue weighted by Gasteiger charge is 2.22. The summed E-state index contributed by atoms with van der Waals surface area (Å²) in [5.41, 5.74) is 4.02. The van der Waals surface area contributed by atoms with Gasteiger partial charge in [0.15, 0.2) is 5.16 Å². The second-order valence-corrected chi connectivity index (χ2v) is 5.03. The summed E-state index contributed by atoms with van der Waals surface area (Å²) < 4.78 is 0. The van der Waals surface area contributed by atoms with E-state index in [9.17, 15) is 4.79 Å². The number of amides is 1. The van der Waals surface area contributed by atoms with E-state index >= 15 is 0 Å². The van der Waals surface area contributed by atoms with Crippen molar-refractivity contribution in [3.05, 3.63) is 53.9 Å². The molecule has 19 heavy (non-hydrogen) atoms. The van der Waals surface area contributed by atoms with E-state index in [1.165, 1.54) is 11.8 Å². The molecule has 0 spiro atoms. The van der Waals surface area contributed by atoms with E-state index in [0.717, 1.165) is 11.1 Å². The Morgan fingerprint density at radius 3 is 2.47 bits per heavy atom. The number of hydrazine groups is 1. The predicted octanol–water partition coefficient (Wildman–Crippen LogP) is 1.61. The number of aromatic nitrogens is 2. The van der Waals surface area contributed by atoms with E-state index in [4.69, 9.17) is 5.84 Å². The summed E-state index contributed by atoms with van der Waals surface area (Å²) in [6, 6.07) is 9.40. The molecule has 5 nitrogen and oxygen atoms in total. The summed E-state index contributed by atoms with van der Waals surface area (Å²) in [6.07, 6.45) is 3.44. The lowest BCUT2D eigenvalue weighted by Crippen LogP contribution is -2.33. The van der Waals surface area contributed by atoms with Gasteiger partial charge in [0.25, 0.3) is 5.91 Å². The molecule has 6 heteroatoms. The van der Waals surface area contributed by atoms with E-state index in [1.54, 1.807) is 12.4 Å². The minimum absolute atomic E-state index is 0.277. The van der Waals surface area contributed by atoms with Gasteiger partial charge in [-0.3, -0.25) is 10.2 Å². The third-order valence-corrected chi connectivity index (χ3v) is 3.61. The highest BCUT2D eigenvalue weighted by Crippen LogP contribution is 2.32. The molecule has 1 heterocycles. The average molecular weight is 274 g/mol. The number of hydrogen-bond donors (Lipinski definition) is 2. The van der Waals surface area contributed by atoms with Gasteiger partial charge in [-0.15, -0.1) is 0 Å². The first-order valence-corrected chi connectivity index (χ1v) is 6.59. The molecule has 2 aromatic rings. The molecule has 3 N–H and O–H groups in total. The number of carbonyl (C=O) groups excluding carboxylic acids is 1. The van der Waals surface area contributed by atoms with Crippen molar-refractivity contribution in [1.29, 1.82) is 0 Å². The molecule has 0 aliphatic rings. The number of aryl methyl sites for hydroxylation is 1. The molecule has 0 bridgehead atoms. The number of benzene rings is 1. The molecular weight excluding hydrogens is 260 g/mol. The van der Waals surface area contributed by atoms with Crippen molar-refractivity contribution in [3.63, 3.8) is 0 Å². The molecule has 1 aromatic carbocycles. The van der Waals surface area contributed by atoms with E-state index < -0.39 is 5.25 Å². The van der Waals surface area contributed by atoms with Crippen molar-refractivity contribution in [2.75, 3.05) is 0 Å². The van der Waals surface area contributed by atoms with Gasteiger partial charge >= 0.3 is 0 Å². The lowest BCUT2D eigenvalue weighted by molar-refractivity contribution is -0.120. The third-order valence-electron chi connectivity index (χ3n) is 2.46. The number of nitrogens with one attached hydrogen (secondary N) is 1. The summed E-state index contributed by atoms with van der Waals surface area (Å²) >= 11 is 1.27. The van der Waals surface area contributed by atoms with E-state index in [2.05, 4.69) is 15.4 Å². The number of thioether (sulfide) groups is 1. The lowest BCUT2D eigenvalue weighted by Gasteiger charge is -2.14. The van der Waals surface area contributed by atoms with Crippen molar-refractivity contribution in [2.24, 2.45) is 5.84 Å². The van der Waals surface area contributed by atoms with Crippen molar-refractivity contribution in [1.82, 2.24) is 15.4 Å². The Labute approximate surface area is 115 Å². The van der Waals surface area contributed by atoms with Gasteiger partial charge in [0, 0.05) is 12.4 Å². The van der Waals surface area contributed by atoms with Gasteiger partial charge in [0.05, 0.1) is 0 Å². The largest absolute Gasteiger partial charge is 0.293 e. The van der Waals surface area contributed by atoms with Crippen LogP contribution < -0.4 is 11.3 Å². The fraction of sp³-hybridized carbons (Fsp3) is 0.154. The topological polar surface area (TPSA) is 80.9 Å². The van der Waals surface area contributed by atoms with Crippen LogP contribution >= 0.6 is 11.8 Å². The number of nitrogens with zero attached hydrogens (tertiary/aromatic N) is 2. The zero-order valence-electron chi connectivity index (χ0n) is 10.4. The molecule has 0 aliphatic heterocycles. The normalized spacial score (nSPS) is 11.9. The van der Waals surface area contributed by atoms with Crippen molar-refractivity contribution in [3.8, 4) is 0 Å². The van der Waals surface area contributed by atoms with Gasteiger partial charge < -0.3 is 0 Å². The minimum Gasteiger partial charge on any atom is -0.293 e. The van der Waals surface area contributed by atoms with Crippen LogP contribution in [0.2, 0.25) is 0 Å². The Bertz CT molecular complexity index is 544. The van der Waals surface area contributed by atoms with Crippen LogP contribution in [-0.2, 0) is 4.79 Å². The van der Waals surface area contributed by atoms with Crippen LogP contribution in [0.5, 0.6) is 0 Å². The highest BCUT2D eigenvalue weighted by molar-refractivity contribution is 8.00. The van der Waals surface area contributed by atoms with Gasteiger partial charge in [-0.1, -0.05) is 42.1 Å². The first kappa shape index (κ1) is 13.5. The number of rotatable bonds is 4. The minimum atomic E-state index is -0.464. The maximum atomic E-state index is 11.9. The summed E-state index contributed by atoms with van der Waals surface area (Å²) in [4.78, 5) is 20.3. The molecule has 0 saturated heterocycles. The maximum absolute atomic E-state index is 11.9. The Morgan fingerprint density at radius 1 is 1.26 bits per heavy atom.